The number of aryl methyl sites for hydroxylation is 1. The Kier molecular flexibility index (Phi) is 4.40. The van der Waals surface area contributed by atoms with Crippen LogP contribution in [0.5, 0.6) is 0 Å². The maximum atomic E-state index is 12.7. The van der Waals surface area contributed by atoms with Crippen molar-refractivity contribution in [3.8, 4) is 5.69 Å². The number of hydrogen-bond acceptors (Lipinski definition) is 3. The van der Waals surface area contributed by atoms with Crippen LogP contribution in [-0.2, 0) is 12.8 Å². The second-order valence-electron chi connectivity index (χ2n) is 6.51. The highest BCUT2D eigenvalue weighted by atomic mass is 32.1. The van der Waals surface area contributed by atoms with Crippen LogP contribution in [0.4, 0.5) is 0 Å². The molecule has 128 valence electrons. The number of benzene rings is 1. The molecule has 0 saturated carbocycles. The molecule has 1 atom stereocenters. The van der Waals surface area contributed by atoms with Crippen LogP contribution >= 0.6 is 11.3 Å². The largest absolute Gasteiger partial charge is 0.345 e. The summed E-state index contributed by atoms with van der Waals surface area (Å²) in [6.07, 6.45) is 10.1. The lowest BCUT2D eigenvalue weighted by molar-refractivity contribution is 0.0939. The summed E-state index contributed by atoms with van der Waals surface area (Å²) in [6.45, 7) is 2.03. The summed E-state index contributed by atoms with van der Waals surface area (Å²) < 4.78 is 1.96. The Morgan fingerprint density at radius 3 is 2.80 bits per heavy atom. The number of rotatable bonds is 4. The van der Waals surface area contributed by atoms with Gasteiger partial charge < -0.3 is 9.88 Å². The fourth-order valence-corrected chi connectivity index (χ4v) is 4.51. The topological polar surface area (TPSA) is 46.9 Å². The molecule has 1 aliphatic rings. The van der Waals surface area contributed by atoms with Gasteiger partial charge in [0, 0.05) is 28.3 Å². The molecule has 1 amide bonds. The first-order valence-corrected chi connectivity index (χ1v) is 9.59. The van der Waals surface area contributed by atoms with Crippen molar-refractivity contribution < 1.29 is 4.79 Å². The predicted molar refractivity (Wildman–Crippen MR) is 100 cm³/mol. The molecule has 0 spiro atoms. The SMILES string of the molecule is CC(NC(=O)c1csc2c1CCCC2)c1ccc(-n2ccnc2)cc1. The van der Waals surface area contributed by atoms with Crippen molar-refractivity contribution in [3.63, 3.8) is 0 Å². The highest BCUT2D eigenvalue weighted by Gasteiger charge is 2.21. The van der Waals surface area contributed by atoms with Crippen molar-refractivity contribution in [3.05, 3.63) is 69.9 Å². The molecular formula is C20H21N3OS. The molecule has 1 aliphatic carbocycles. The molecule has 0 aliphatic heterocycles. The van der Waals surface area contributed by atoms with E-state index in [-0.39, 0.29) is 11.9 Å². The fourth-order valence-electron chi connectivity index (χ4n) is 3.39. The normalized spacial score (nSPS) is 14.8. The van der Waals surface area contributed by atoms with Crippen molar-refractivity contribution in [1.82, 2.24) is 14.9 Å². The molecule has 1 aromatic carbocycles. The summed E-state index contributed by atoms with van der Waals surface area (Å²) >= 11 is 1.73. The Hall–Kier alpha value is -2.40. The number of fused-ring (bicyclic) bond motifs is 1. The van der Waals surface area contributed by atoms with Gasteiger partial charge in [-0.05, 0) is 55.9 Å². The Morgan fingerprint density at radius 2 is 2.04 bits per heavy atom. The van der Waals surface area contributed by atoms with Crippen molar-refractivity contribution in [2.24, 2.45) is 0 Å². The van der Waals surface area contributed by atoms with E-state index < -0.39 is 0 Å². The minimum Gasteiger partial charge on any atom is -0.345 e. The molecule has 4 rings (SSSR count). The molecule has 0 fully saturated rings. The average Bonchev–Trinajstić information content (AvgIpc) is 3.31. The van der Waals surface area contributed by atoms with E-state index in [0.717, 1.165) is 29.7 Å². The van der Waals surface area contributed by atoms with Crippen LogP contribution in [0.3, 0.4) is 0 Å². The van der Waals surface area contributed by atoms with Crippen LogP contribution in [0.2, 0.25) is 0 Å². The van der Waals surface area contributed by atoms with Crippen molar-refractivity contribution >= 4 is 17.2 Å². The lowest BCUT2D eigenvalue weighted by atomic mass is 9.95. The molecular weight excluding hydrogens is 330 g/mol. The summed E-state index contributed by atoms with van der Waals surface area (Å²) in [4.78, 5) is 18.2. The van der Waals surface area contributed by atoms with E-state index in [1.54, 1.807) is 23.9 Å². The van der Waals surface area contributed by atoms with Crippen LogP contribution in [0.25, 0.3) is 5.69 Å². The molecule has 1 N–H and O–H groups in total. The Labute approximate surface area is 151 Å². The molecule has 0 bridgehead atoms. The van der Waals surface area contributed by atoms with Gasteiger partial charge in [0.1, 0.15) is 0 Å². The van der Waals surface area contributed by atoms with Crippen LogP contribution in [0.1, 0.15) is 52.2 Å². The fraction of sp³-hybridized carbons (Fsp3) is 0.300. The van der Waals surface area contributed by atoms with Crippen LogP contribution in [0.15, 0.2) is 48.4 Å². The van der Waals surface area contributed by atoms with E-state index >= 15 is 0 Å². The molecule has 2 aromatic heterocycles. The number of nitrogens with zero attached hydrogens (tertiary/aromatic N) is 2. The Morgan fingerprint density at radius 1 is 1.24 bits per heavy atom. The van der Waals surface area contributed by atoms with Gasteiger partial charge in [0.15, 0.2) is 0 Å². The third-order valence-electron chi connectivity index (χ3n) is 4.85. The van der Waals surface area contributed by atoms with Crippen molar-refractivity contribution in [2.45, 2.75) is 38.6 Å². The maximum Gasteiger partial charge on any atom is 0.252 e. The van der Waals surface area contributed by atoms with Gasteiger partial charge in [-0.3, -0.25) is 4.79 Å². The third kappa shape index (κ3) is 3.24. The van der Waals surface area contributed by atoms with E-state index in [1.165, 1.54) is 23.3 Å². The summed E-state index contributed by atoms with van der Waals surface area (Å²) in [7, 11) is 0. The minimum absolute atomic E-state index is 0.0246. The van der Waals surface area contributed by atoms with E-state index in [9.17, 15) is 4.79 Å². The van der Waals surface area contributed by atoms with Crippen LogP contribution in [-0.4, -0.2) is 15.5 Å². The summed E-state index contributed by atoms with van der Waals surface area (Å²) in [5.74, 6) is 0.0468. The Balaban J connectivity index is 1.47. The van der Waals surface area contributed by atoms with E-state index in [1.807, 2.05) is 35.2 Å². The van der Waals surface area contributed by atoms with Gasteiger partial charge in [-0.15, -0.1) is 11.3 Å². The zero-order valence-electron chi connectivity index (χ0n) is 14.2. The monoisotopic (exact) mass is 351 g/mol. The molecule has 0 radical (unpaired) electrons. The molecule has 2 heterocycles. The van der Waals surface area contributed by atoms with E-state index in [2.05, 4.69) is 22.4 Å². The second-order valence-corrected chi connectivity index (χ2v) is 7.48. The summed E-state index contributed by atoms with van der Waals surface area (Å²) in [5, 5.41) is 5.18. The van der Waals surface area contributed by atoms with Gasteiger partial charge in [-0.2, -0.15) is 0 Å². The summed E-state index contributed by atoms with van der Waals surface area (Å²) in [5.41, 5.74) is 4.31. The van der Waals surface area contributed by atoms with Gasteiger partial charge in [0.05, 0.1) is 17.9 Å². The van der Waals surface area contributed by atoms with Gasteiger partial charge in [0.25, 0.3) is 5.91 Å². The number of nitrogens with one attached hydrogen (secondary N) is 1. The first-order valence-electron chi connectivity index (χ1n) is 8.71. The van der Waals surface area contributed by atoms with Crippen LogP contribution < -0.4 is 5.32 Å². The molecule has 0 saturated heterocycles. The lowest BCUT2D eigenvalue weighted by Gasteiger charge is -2.17. The predicted octanol–water partition coefficient (Wildman–Crippen LogP) is 4.30. The molecule has 5 heteroatoms. The first-order chi connectivity index (χ1) is 12.2. The van der Waals surface area contributed by atoms with Gasteiger partial charge in [-0.25, -0.2) is 4.98 Å². The van der Waals surface area contributed by atoms with E-state index in [4.69, 9.17) is 0 Å². The van der Waals surface area contributed by atoms with Gasteiger partial charge in [-0.1, -0.05) is 12.1 Å². The van der Waals surface area contributed by atoms with Crippen molar-refractivity contribution in [1.29, 1.82) is 0 Å². The number of carbonyl (C=O) groups excluding carboxylic acids is 1. The quantitative estimate of drug-likeness (QED) is 0.761. The van der Waals surface area contributed by atoms with Gasteiger partial charge >= 0.3 is 0 Å². The Bertz CT molecular complexity index is 865. The van der Waals surface area contributed by atoms with Gasteiger partial charge in [0.2, 0.25) is 0 Å². The molecule has 25 heavy (non-hydrogen) atoms. The van der Waals surface area contributed by atoms with E-state index in [0.29, 0.717) is 0 Å². The highest BCUT2D eigenvalue weighted by Crippen LogP contribution is 2.30. The van der Waals surface area contributed by atoms with Crippen molar-refractivity contribution in [2.75, 3.05) is 0 Å². The molecule has 4 nitrogen and oxygen atoms in total. The zero-order valence-corrected chi connectivity index (χ0v) is 15.1. The first kappa shape index (κ1) is 16.1. The molecule has 3 aromatic rings. The average molecular weight is 351 g/mol. The summed E-state index contributed by atoms with van der Waals surface area (Å²) in [6, 6.07) is 8.19. The number of amides is 1. The highest BCUT2D eigenvalue weighted by molar-refractivity contribution is 7.10. The smallest absolute Gasteiger partial charge is 0.252 e. The number of carbonyl (C=O) groups is 1. The molecule has 1 unspecified atom stereocenters. The third-order valence-corrected chi connectivity index (χ3v) is 5.94. The lowest BCUT2D eigenvalue weighted by Crippen LogP contribution is -2.27. The van der Waals surface area contributed by atoms with Crippen LogP contribution in [0, 0.1) is 0 Å². The second kappa shape index (κ2) is 6.84. The maximum absolute atomic E-state index is 12.7. The minimum atomic E-state index is -0.0246. The number of thiophene rings is 1. The number of imidazole rings is 1. The number of aromatic nitrogens is 2. The number of hydrogen-bond donors (Lipinski definition) is 1. The standard InChI is InChI=1S/C20H21N3OS/c1-14(15-6-8-16(9-7-15)23-11-10-21-13-23)22-20(24)18-12-25-19-5-3-2-4-17(18)19/h6-14H,2-5H2,1H3,(H,22,24). The zero-order chi connectivity index (χ0) is 17.2.